The lowest BCUT2D eigenvalue weighted by Crippen LogP contribution is -2.43. The summed E-state index contributed by atoms with van der Waals surface area (Å²) in [4.78, 5) is -0.315. The Hall–Kier alpha value is -1.12. The molecular formula is C15H21F3N2O2S. The molecule has 0 aromatic heterocycles. The second-order valence-electron chi connectivity index (χ2n) is 6.36. The van der Waals surface area contributed by atoms with Gasteiger partial charge in [-0.2, -0.15) is 13.2 Å². The Kier molecular flexibility index (Phi) is 5.08. The Balaban J connectivity index is 2.22. The van der Waals surface area contributed by atoms with E-state index in [0.717, 1.165) is 32.0 Å². The maximum atomic E-state index is 12.8. The van der Waals surface area contributed by atoms with Gasteiger partial charge in [-0.05, 0) is 56.0 Å². The minimum Gasteiger partial charge on any atom is -0.317 e. The van der Waals surface area contributed by atoms with Crippen molar-refractivity contribution in [3.05, 3.63) is 29.3 Å². The number of hydrogen-bond acceptors (Lipinski definition) is 3. The third kappa shape index (κ3) is 4.45. The number of aryl methyl sites for hydroxylation is 1. The van der Waals surface area contributed by atoms with Gasteiger partial charge in [-0.1, -0.05) is 13.0 Å². The van der Waals surface area contributed by atoms with Gasteiger partial charge in [-0.15, -0.1) is 0 Å². The molecule has 1 aromatic rings. The summed E-state index contributed by atoms with van der Waals surface area (Å²) in [6, 6.07) is 2.77. The molecule has 1 heterocycles. The monoisotopic (exact) mass is 350 g/mol. The summed E-state index contributed by atoms with van der Waals surface area (Å²) in [6.07, 6.45) is -2.94. The Morgan fingerprint density at radius 2 is 1.87 bits per heavy atom. The zero-order valence-electron chi connectivity index (χ0n) is 13.1. The molecule has 2 rings (SSSR count). The van der Waals surface area contributed by atoms with Crippen molar-refractivity contribution < 1.29 is 21.6 Å². The van der Waals surface area contributed by atoms with Crippen LogP contribution >= 0.6 is 0 Å². The lowest BCUT2D eigenvalue weighted by Gasteiger charge is -2.34. The fraction of sp³-hybridized carbons (Fsp3) is 0.600. The first-order chi connectivity index (χ1) is 10.5. The van der Waals surface area contributed by atoms with Gasteiger partial charge in [-0.25, -0.2) is 13.1 Å². The summed E-state index contributed by atoms with van der Waals surface area (Å²) in [5, 5.41) is 3.20. The summed E-state index contributed by atoms with van der Waals surface area (Å²) in [7, 11) is -3.98. The van der Waals surface area contributed by atoms with Gasteiger partial charge in [-0.3, -0.25) is 0 Å². The molecule has 1 fully saturated rings. The highest BCUT2D eigenvalue weighted by Gasteiger charge is 2.33. The standard InChI is InChI=1S/C15H21F3N2O2S/c1-11-3-4-12(15(16,17)18)9-13(11)23(21,22)20-10-14(2)5-7-19-8-6-14/h3-4,9,19-20H,5-8,10H2,1-2H3. The van der Waals surface area contributed by atoms with E-state index < -0.39 is 21.8 Å². The average Bonchev–Trinajstić information content (AvgIpc) is 2.45. The summed E-state index contributed by atoms with van der Waals surface area (Å²) < 4.78 is 65.7. The van der Waals surface area contributed by atoms with E-state index in [-0.39, 0.29) is 16.9 Å². The van der Waals surface area contributed by atoms with Crippen molar-refractivity contribution in [1.82, 2.24) is 10.0 Å². The molecule has 4 nitrogen and oxygen atoms in total. The quantitative estimate of drug-likeness (QED) is 0.878. The maximum absolute atomic E-state index is 12.8. The van der Waals surface area contributed by atoms with Gasteiger partial charge in [0, 0.05) is 6.54 Å². The molecule has 2 N–H and O–H groups in total. The van der Waals surface area contributed by atoms with Crippen molar-refractivity contribution in [2.45, 2.75) is 37.8 Å². The highest BCUT2D eigenvalue weighted by molar-refractivity contribution is 7.89. The van der Waals surface area contributed by atoms with Crippen LogP contribution in [0.2, 0.25) is 0 Å². The highest BCUT2D eigenvalue weighted by atomic mass is 32.2. The van der Waals surface area contributed by atoms with Crippen LogP contribution in [0, 0.1) is 12.3 Å². The van der Waals surface area contributed by atoms with Gasteiger partial charge >= 0.3 is 6.18 Å². The third-order valence-electron chi connectivity index (χ3n) is 4.30. The molecule has 130 valence electrons. The molecule has 0 amide bonds. The first-order valence-electron chi connectivity index (χ1n) is 7.42. The molecule has 1 saturated heterocycles. The Bertz CT molecular complexity index is 666. The zero-order chi connectivity index (χ0) is 17.3. The molecule has 0 atom stereocenters. The Labute approximate surface area is 134 Å². The van der Waals surface area contributed by atoms with Crippen molar-refractivity contribution in [2.24, 2.45) is 5.41 Å². The number of hydrogen-bond donors (Lipinski definition) is 2. The summed E-state index contributed by atoms with van der Waals surface area (Å²) in [6.45, 7) is 5.30. The van der Waals surface area contributed by atoms with Gasteiger partial charge < -0.3 is 5.32 Å². The first kappa shape index (κ1) is 18.2. The van der Waals surface area contributed by atoms with E-state index in [1.807, 2.05) is 6.92 Å². The van der Waals surface area contributed by atoms with Crippen LogP contribution in [0.3, 0.4) is 0 Å². The molecule has 8 heteroatoms. The van der Waals surface area contributed by atoms with Crippen LogP contribution in [0.5, 0.6) is 0 Å². The van der Waals surface area contributed by atoms with Crippen molar-refractivity contribution >= 4 is 10.0 Å². The van der Waals surface area contributed by atoms with E-state index in [0.29, 0.717) is 11.6 Å². The normalized spacial score (nSPS) is 18.8. The van der Waals surface area contributed by atoms with E-state index in [4.69, 9.17) is 0 Å². The molecule has 0 spiro atoms. The largest absolute Gasteiger partial charge is 0.416 e. The second-order valence-corrected chi connectivity index (χ2v) is 8.10. The number of halogens is 3. The maximum Gasteiger partial charge on any atom is 0.416 e. The van der Waals surface area contributed by atoms with Gasteiger partial charge in [0.15, 0.2) is 0 Å². The van der Waals surface area contributed by atoms with Crippen molar-refractivity contribution in [1.29, 1.82) is 0 Å². The van der Waals surface area contributed by atoms with Crippen molar-refractivity contribution in [3.8, 4) is 0 Å². The lowest BCUT2D eigenvalue weighted by molar-refractivity contribution is -0.137. The van der Waals surface area contributed by atoms with Crippen molar-refractivity contribution in [3.63, 3.8) is 0 Å². The molecule has 0 radical (unpaired) electrons. The van der Waals surface area contributed by atoms with Crippen LogP contribution in [-0.4, -0.2) is 28.1 Å². The Morgan fingerprint density at radius 1 is 1.26 bits per heavy atom. The number of nitrogens with one attached hydrogen (secondary N) is 2. The van der Waals surface area contributed by atoms with Crippen LogP contribution in [0.25, 0.3) is 0 Å². The van der Waals surface area contributed by atoms with Crippen molar-refractivity contribution in [2.75, 3.05) is 19.6 Å². The minimum absolute atomic E-state index is 0.187. The zero-order valence-corrected chi connectivity index (χ0v) is 13.9. The van der Waals surface area contributed by atoms with Gasteiger partial charge in [0.25, 0.3) is 0 Å². The molecule has 23 heavy (non-hydrogen) atoms. The third-order valence-corrected chi connectivity index (χ3v) is 5.85. The fourth-order valence-electron chi connectivity index (χ4n) is 2.62. The Morgan fingerprint density at radius 3 is 2.43 bits per heavy atom. The predicted octanol–water partition coefficient (Wildman–Crippen LogP) is 2.68. The molecular weight excluding hydrogens is 329 g/mol. The predicted molar refractivity (Wildman–Crippen MR) is 81.6 cm³/mol. The van der Waals surface area contributed by atoms with Gasteiger partial charge in [0.05, 0.1) is 10.5 Å². The van der Waals surface area contributed by atoms with Crippen LogP contribution < -0.4 is 10.0 Å². The van der Waals surface area contributed by atoms with Gasteiger partial charge in [0.2, 0.25) is 10.0 Å². The lowest BCUT2D eigenvalue weighted by atomic mass is 9.81. The molecule has 0 bridgehead atoms. The van der Waals surface area contributed by atoms with E-state index in [9.17, 15) is 21.6 Å². The van der Waals surface area contributed by atoms with Crippen LogP contribution in [0.15, 0.2) is 23.1 Å². The van der Waals surface area contributed by atoms with Crippen LogP contribution in [-0.2, 0) is 16.2 Å². The molecule has 1 aliphatic rings. The first-order valence-corrected chi connectivity index (χ1v) is 8.90. The molecule has 1 aromatic carbocycles. The molecule has 1 aliphatic heterocycles. The van der Waals surface area contributed by atoms with Crippen LogP contribution in [0.1, 0.15) is 30.9 Å². The molecule has 0 aliphatic carbocycles. The van der Waals surface area contributed by atoms with E-state index in [2.05, 4.69) is 10.0 Å². The SMILES string of the molecule is Cc1ccc(C(F)(F)F)cc1S(=O)(=O)NCC1(C)CCNCC1. The number of rotatable bonds is 4. The topological polar surface area (TPSA) is 58.2 Å². The summed E-state index contributed by atoms with van der Waals surface area (Å²) in [5.41, 5.74) is -0.856. The summed E-state index contributed by atoms with van der Waals surface area (Å²) >= 11 is 0. The number of sulfonamides is 1. The highest BCUT2D eigenvalue weighted by Crippen LogP contribution is 2.32. The number of benzene rings is 1. The molecule has 0 saturated carbocycles. The average molecular weight is 350 g/mol. The van der Waals surface area contributed by atoms with E-state index >= 15 is 0 Å². The fourth-order valence-corrected chi connectivity index (χ4v) is 4.09. The van der Waals surface area contributed by atoms with E-state index in [1.54, 1.807) is 0 Å². The smallest absolute Gasteiger partial charge is 0.317 e. The second kappa shape index (κ2) is 6.41. The van der Waals surface area contributed by atoms with E-state index in [1.165, 1.54) is 13.0 Å². The minimum atomic E-state index is -4.57. The molecule has 0 unspecified atom stereocenters. The number of piperidine rings is 1. The summed E-state index contributed by atoms with van der Waals surface area (Å²) in [5.74, 6) is 0. The number of alkyl halides is 3. The van der Waals surface area contributed by atoms with Gasteiger partial charge in [0.1, 0.15) is 0 Å². The van der Waals surface area contributed by atoms with Crippen LogP contribution in [0.4, 0.5) is 13.2 Å².